The molecule has 2 fully saturated rings. The first-order valence-electron chi connectivity index (χ1n) is 7.64. The van der Waals surface area contributed by atoms with Gasteiger partial charge in [-0.1, -0.05) is 12.1 Å². The Hall–Kier alpha value is -1.39. The number of hydrogen-bond donors (Lipinski definition) is 0. The summed E-state index contributed by atoms with van der Waals surface area (Å²) < 4.78 is 16.2. The van der Waals surface area contributed by atoms with Crippen LogP contribution in [0.15, 0.2) is 24.3 Å². The molecule has 1 aromatic rings. The number of rotatable bonds is 6. The van der Waals surface area contributed by atoms with Gasteiger partial charge in [0.2, 0.25) is 0 Å². The molecule has 21 heavy (non-hydrogen) atoms. The molecule has 2 heterocycles. The summed E-state index contributed by atoms with van der Waals surface area (Å²) in [6.45, 7) is 1.44. The van der Waals surface area contributed by atoms with Crippen LogP contribution in [0.5, 0.6) is 5.75 Å². The second-order valence-corrected chi connectivity index (χ2v) is 5.88. The standard InChI is InChI=1S/C17H22O4/c1-19-15-6-3-12(4-7-15)2-5-14(18)10-13-11-21-17-16(13)8-9-20-17/h3-4,6-7,13,16-17H,2,5,8-11H2,1H3. The summed E-state index contributed by atoms with van der Waals surface area (Å²) in [6, 6.07) is 7.91. The fraction of sp³-hybridized carbons (Fsp3) is 0.588. The summed E-state index contributed by atoms with van der Waals surface area (Å²) in [5.74, 6) is 1.95. The molecule has 0 aliphatic carbocycles. The van der Waals surface area contributed by atoms with Crippen molar-refractivity contribution in [2.24, 2.45) is 11.8 Å². The minimum atomic E-state index is -0.0515. The van der Waals surface area contributed by atoms with Crippen molar-refractivity contribution in [1.29, 1.82) is 0 Å². The molecule has 2 saturated heterocycles. The first-order valence-corrected chi connectivity index (χ1v) is 7.64. The van der Waals surface area contributed by atoms with Crippen molar-refractivity contribution in [3.63, 3.8) is 0 Å². The SMILES string of the molecule is COc1ccc(CCC(=O)CC2COC3OCCC23)cc1. The van der Waals surface area contributed by atoms with Crippen LogP contribution in [-0.4, -0.2) is 32.4 Å². The number of benzene rings is 1. The van der Waals surface area contributed by atoms with E-state index in [1.54, 1.807) is 7.11 Å². The van der Waals surface area contributed by atoms with E-state index in [2.05, 4.69) is 0 Å². The molecule has 4 nitrogen and oxygen atoms in total. The van der Waals surface area contributed by atoms with Gasteiger partial charge in [-0.15, -0.1) is 0 Å². The van der Waals surface area contributed by atoms with Crippen LogP contribution in [0.25, 0.3) is 0 Å². The van der Waals surface area contributed by atoms with E-state index in [9.17, 15) is 4.79 Å². The Morgan fingerprint density at radius 3 is 2.86 bits per heavy atom. The van der Waals surface area contributed by atoms with Crippen LogP contribution in [0.1, 0.15) is 24.8 Å². The van der Waals surface area contributed by atoms with Crippen molar-refractivity contribution in [3.05, 3.63) is 29.8 Å². The Bertz CT molecular complexity index is 482. The third-order valence-electron chi connectivity index (χ3n) is 4.50. The van der Waals surface area contributed by atoms with Gasteiger partial charge in [-0.05, 0) is 36.5 Å². The lowest BCUT2D eigenvalue weighted by Gasteiger charge is -2.13. The Balaban J connectivity index is 1.45. The largest absolute Gasteiger partial charge is 0.497 e. The monoisotopic (exact) mass is 290 g/mol. The van der Waals surface area contributed by atoms with E-state index in [0.29, 0.717) is 37.1 Å². The molecule has 0 saturated carbocycles. The molecule has 0 bridgehead atoms. The highest BCUT2D eigenvalue weighted by Gasteiger charge is 2.41. The van der Waals surface area contributed by atoms with Crippen molar-refractivity contribution in [1.82, 2.24) is 0 Å². The quantitative estimate of drug-likeness (QED) is 0.808. The van der Waals surface area contributed by atoms with Crippen LogP contribution >= 0.6 is 0 Å². The van der Waals surface area contributed by atoms with E-state index in [4.69, 9.17) is 14.2 Å². The average Bonchev–Trinajstić information content (AvgIpc) is 3.11. The van der Waals surface area contributed by atoms with Crippen molar-refractivity contribution >= 4 is 5.78 Å². The summed E-state index contributed by atoms with van der Waals surface area (Å²) in [6.07, 6.45) is 2.99. The van der Waals surface area contributed by atoms with Gasteiger partial charge in [0.15, 0.2) is 6.29 Å². The molecule has 0 N–H and O–H groups in total. The maximum absolute atomic E-state index is 12.2. The number of methoxy groups -OCH3 is 1. The maximum atomic E-state index is 12.2. The molecule has 3 atom stereocenters. The second-order valence-electron chi connectivity index (χ2n) is 5.88. The lowest BCUT2D eigenvalue weighted by molar-refractivity contribution is -0.120. The van der Waals surface area contributed by atoms with Crippen LogP contribution in [0.2, 0.25) is 0 Å². The molecule has 0 aromatic heterocycles. The van der Waals surface area contributed by atoms with Gasteiger partial charge >= 0.3 is 0 Å². The van der Waals surface area contributed by atoms with E-state index >= 15 is 0 Å². The van der Waals surface area contributed by atoms with Crippen LogP contribution in [-0.2, 0) is 20.7 Å². The Kier molecular flexibility index (Phi) is 4.56. The number of Topliss-reactive ketones (excluding diaryl/α,β-unsaturated/α-hetero) is 1. The normalized spacial score (nSPS) is 27.6. The van der Waals surface area contributed by atoms with Crippen LogP contribution in [0.4, 0.5) is 0 Å². The van der Waals surface area contributed by atoms with E-state index < -0.39 is 0 Å². The number of ketones is 1. The third kappa shape index (κ3) is 3.44. The molecule has 0 radical (unpaired) electrons. The molecule has 114 valence electrons. The number of carbonyl (C=O) groups is 1. The van der Waals surface area contributed by atoms with E-state index in [1.807, 2.05) is 24.3 Å². The zero-order chi connectivity index (χ0) is 14.7. The lowest BCUT2D eigenvalue weighted by Crippen LogP contribution is -2.18. The number of ether oxygens (including phenoxy) is 3. The lowest BCUT2D eigenvalue weighted by atomic mass is 9.88. The Labute approximate surface area is 125 Å². The second kappa shape index (κ2) is 6.58. The number of fused-ring (bicyclic) bond motifs is 1. The zero-order valence-corrected chi connectivity index (χ0v) is 12.4. The van der Waals surface area contributed by atoms with E-state index in [0.717, 1.165) is 25.2 Å². The van der Waals surface area contributed by atoms with Crippen molar-refractivity contribution in [3.8, 4) is 5.75 Å². The average molecular weight is 290 g/mol. The van der Waals surface area contributed by atoms with E-state index in [-0.39, 0.29) is 6.29 Å². The smallest absolute Gasteiger partial charge is 0.160 e. The summed E-state index contributed by atoms with van der Waals surface area (Å²) in [5.41, 5.74) is 1.17. The molecule has 1 aromatic carbocycles. The molecule has 2 aliphatic rings. The fourth-order valence-corrected chi connectivity index (χ4v) is 3.23. The van der Waals surface area contributed by atoms with Crippen molar-refractivity contribution in [2.75, 3.05) is 20.3 Å². The summed E-state index contributed by atoms with van der Waals surface area (Å²) in [7, 11) is 1.65. The summed E-state index contributed by atoms with van der Waals surface area (Å²) in [5, 5.41) is 0. The highest BCUT2D eigenvalue weighted by Crippen LogP contribution is 2.37. The minimum Gasteiger partial charge on any atom is -0.497 e. The molecular formula is C17H22O4. The van der Waals surface area contributed by atoms with Gasteiger partial charge in [0.05, 0.1) is 20.3 Å². The molecule has 0 amide bonds. The highest BCUT2D eigenvalue weighted by molar-refractivity contribution is 5.79. The summed E-state index contributed by atoms with van der Waals surface area (Å²) in [4.78, 5) is 12.2. The predicted octanol–water partition coefficient (Wildman–Crippen LogP) is 2.60. The van der Waals surface area contributed by atoms with Gasteiger partial charge in [0.25, 0.3) is 0 Å². The van der Waals surface area contributed by atoms with E-state index in [1.165, 1.54) is 5.56 Å². The van der Waals surface area contributed by atoms with Gasteiger partial charge < -0.3 is 14.2 Å². The molecule has 4 heteroatoms. The number of aryl methyl sites for hydroxylation is 1. The van der Waals surface area contributed by atoms with Gasteiger partial charge in [0, 0.05) is 18.8 Å². The van der Waals surface area contributed by atoms with Crippen LogP contribution in [0.3, 0.4) is 0 Å². The predicted molar refractivity (Wildman–Crippen MR) is 78.2 cm³/mol. The third-order valence-corrected chi connectivity index (χ3v) is 4.50. The van der Waals surface area contributed by atoms with Crippen molar-refractivity contribution < 1.29 is 19.0 Å². The number of hydrogen-bond acceptors (Lipinski definition) is 4. The first-order chi connectivity index (χ1) is 10.3. The maximum Gasteiger partial charge on any atom is 0.160 e. The van der Waals surface area contributed by atoms with Crippen molar-refractivity contribution in [2.45, 2.75) is 32.0 Å². The van der Waals surface area contributed by atoms with Gasteiger partial charge in [-0.3, -0.25) is 4.79 Å². The number of carbonyl (C=O) groups excluding carboxylic acids is 1. The highest BCUT2D eigenvalue weighted by atomic mass is 16.7. The fourth-order valence-electron chi connectivity index (χ4n) is 3.23. The topological polar surface area (TPSA) is 44.8 Å². The zero-order valence-electron chi connectivity index (χ0n) is 12.4. The molecule has 0 spiro atoms. The minimum absolute atomic E-state index is 0.0515. The molecule has 2 aliphatic heterocycles. The molecule has 3 unspecified atom stereocenters. The molecule has 3 rings (SSSR count). The first kappa shape index (κ1) is 14.5. The Morgan fingerprint density at radius 2 is 2.10 bits per heavy atom. The molecular weight excluding hydrogens is 268 g/mol. The van der Waals surface area contributed by atoms with Gasteiger partial charge in [-0.25, -0.2) is 0 Å². The Morgan fingerprint density at radius 1 is 1.29 bits per heavy atom. The van der Waals surface area contributed by atoms with Crippen LogP contribution in [0, 0.1) is 11.8 Å². The van der Waals surface area contributed by atoms with Crippen LogP contribution < -0.4 is 4.74 Å². The summed E-state index contributed by atoms with van der Waals surface area (Å²) >= 11 is 0. The van der Waals surface area contributed by atoms with Gasteiger partial charge in [0.1, 0.15) is 11.5 Å². The van der Waals surface area contributed by atoms with Gasteiger partial charge in [-0.2, -0.15) is 0 Å².